The van der Waals surface area contributed by atoms with Crippen molar-refractivity contribution in [3.05, 3.63) is 60.3 Å². The van der Waals surface area contributed by atoms with Crippen molar-refractivity contribution < 1.29 is 0 Å². The van der Waals surface area contributed by atoms with Gasteiger partial charge in [-0.2, -0.15) is 0 Å². The number of hydrogen-bond donors (Lipinski definition) is 2. The molecule has 0 aliphatic heterocycles. The average Bonchev–Trinajstić information content (AvgIpc) is 2.36. The van der Waals surface area contributed by atoms with Gasteiger partial charge in [0, 0.05) is 25.1 Å². The zero-order valence-electron chi connectivity index (χ0n) is 10.8. The van der Waals surface area contributed by atoms with Gasteiger partial charge in [-0.25, -0.2) is 0 Å². The Morgan fingerprint density at radius 2 is 2.00 bits per heavy atom. The monoisotopic (exact) mass is 231 g/mol. The fraction of sp³-hybridized carbons (Fsp3) is 0.214. The van der Waals surface area contributed by atoms with E-state index in [1.165, 1.54) is 0 Å². The first-order chi connectivity index (χ1) is 8.29. The topological polar surface area (TPSA) is 36.4 Å². The van der Waals surface area contributed by atoms with E-state index in [4.69, 9.17) is 0 Å². The number of rotatable bonds is 7. The Bertz CT molecular complexity index is 358. The Morgan fingerprint density at radius 3 is 2.53 bits per heavy atom. The van der Waals surface area contributed by atoms with Crippen molar-refractivity contribution >= 4 is 6.72 Å². The standard InChI is InChI=1S/C14H21N3/c1-5-7-8-14(17-12-11-16-4)13(6-2)9-10-15-3/h5-12,15,17H,4H2,1-3H3/b7-5-,10-9-,12-11-,13-6+,14-8-. The fourth-order valence-electron chi connectivity index (χ4n) is 1.11. The van der Waals surface area contributed by atoms with Gasteiger partial charge < -0.3 is 10.6 Å². The summed E-state index contributed by atoms with van der Waals surface area (Å²) in [7, 11) is 1.87. The summed E-state index contributed by atoms with van der Waals surface area (Å²) in [6.45, 7) is 7.36. The molecule has 0 saturated carbocycles. The van der Waals surface area contributed by atoms with Crippen molar-refractivity contribution in [2.24, 2.45) is 4.99 Å². The predicted molar refractivity (Wildman–Crippen MR) is 76.7 cm³/mol. The summed E-state index contributed by atoms with van der Waals surface area (Å²) >= 11 is 0. The molecule has 0 spiro atoms. The largest absolute Gasteiger partial charge is 0.394 e. The van der Waals surface area contributed by atoms with Crippen LogP contribution in [0.1, 0.15) is 13.8 Å². The molecule has 0 aromatic heterocycles. The molecular formula is C14H21N3. The van der Waals surface area contributed by atoms with Crippen LogP contribution in [-0.2, 0) is 0 Å². The number of aliphatic imine (C=N–C) groups is 1. The van der Waals surface area contributed by atoms with E-state index in [0.29, 0.717) is 0 Å². The van der Waals surface area contributed by atoms with Crippen molar-refractivity contribution in [1.29, 1.82) is 0 Å². The molecular weight excluding hydrogens is 210 g/mol. The van der Waals surface area contributed by atoms with Crippen molar-refractivity contribution in [2.45, 2.75) is 13.8 Å². The average molecular weight is 231 g/mol. The maximum atomic E-state index is 3.65. The Balaban J connectivity index is 4.94. The SMILES string of the molecule is C=N/C=C\NC(=C\C=C/C)/C(/C=C\NC)=C/C. The first kappa shape index (κ1) is 15.0. The molecule has 3 nitrogen and oxygen atoms in total. The summed E-state index contributed by atoms with van der Waals surface area (Å²) in [5.41, 5.74) is 2.09. The highest BCUT2D eigenvalue weighted by molar-refractivity contribution is 5.40. The molecule has 0 radical (unpaired) electrons. The third-order valence-corrected chi connectivity index (χ3v) is 1.93. The highest BCUT2D eigenvalue weighted by Gasteiger charge is 1.97. The van der Waals surface area contributed by atoms with E-state index < -0.39 is 0 Å². The van der Waals surface area contributed by atoms with Crippen LogP contribution in [0.5, 0.6) is 0 Å². The molecule has 2 N–H and O–H groups in total. The van der Waals surface area contributed by atoms with Crippen LogP contribution in [0.25, 0.3) is 0 Å². The first-order valence-corrected chi connectivity index (χ1v) is 5.51. The van der Waals surface area contributed by atoms with Crippen LogP contribution in [0.4, 0.5) is 0 Å². The van der Waals surface area contributed by atoms with Gasteiger partial charge in [-0.05, 0) is 44.5 Å². The molecule has 92 valence electrons. The van der Waals surface area contributed by atoms with Crippen LogP contribution in [0.3, 0.4) is 0 Å². The Labute approximate surface area is 104 Å². The maximum absolute atomic E-state index is 3.65. The second kappa shape index (κ2) is 10.5. The van der Waals surface area contributed by atoms with Crippen LogP contribution in [0, 0.1) is 0 Å². The van der Waals surface area contributed by atoms with E-state index in [1.807, 2.05) is 57.5 Å². The van der Waals surface area contributed by atoms with Gasteiger partial charge in [-0.15, -0.1) is 0 Å². The van der Waals surface area contributed by atoms with Crippen molar-refractivity contribution in [3.63, 3.8) is 0 Å². The van der Waals surface area contributed by atoms with Gasteiger partial charge in [0.1, 0.15) is 0 Å². The summed E-state index contributed by atoms with van der Waals surface area (Å²) < 4.78 is 0. The zero-order valence-corrected chi connectivity index (χ0v) is 10.8. The number of nitrogens with zero attached hydrogens (tertiary/aromatic N) is 1. The lowest BCUT2D eigenvalue weighted by Crippen LogP contribution is -2.07. The van der Waals surface area contributed by atoms with Crippen molar-refractivity contribution in [2.75, 3.05) is 7.05 Å². The summed E-state index contributed by atoms with van der Waals surface area (Å²) in [5.74, 6) is 0. The summed E-state index contributed by atoms with van der Waals surface area (Å²) in [5, 5.41) is 6.13. The van der Waals surface area contributed by atoms with E-state index in [-0.39, 0.29) is 0 Å². The minimum absolute atomic E-state index is 0.997. The molecule has 3 heteroatoms. The van der Waals surface area contributed by atoms with Gasteiger partial charge in [0.05, 0.1) is 0 Å². The lowest BCUT2D eigenvalue weighted by atomic mass is 10.1. The number of nitrogens with one attached hydrogen (secondary N) is 2. The van der Waals surface area contributed by atoms with Gasteiger partial charge >= 0.3 is 0 Å². The van der Waals surface area contributed by atoms with Gasteiger partial charge in [-0.3, -0.25) is 4.99 Å². The highest BCUT2D eigenvalue weighted by atomic mass is 14.9. The second-order valence-electron chi connectivity index (χ2n) is 3.11. The Morgan fingerprint density at radius 1 is 1.24 bits per heavy atom. The molecule has 0 fully saturated rings. The van der Waals surface area contributed by atoms with E-state index in [0.717, 1.165) is 11.3 Å². The van der Waals surface area contributed by atoms with Crippen LogP contribution in [0.15, 0.2) is 65.2 Å². The van der Waals surface area contributed by atoms with Crippen LogP contribution in [-0.4, -0.2) is 13.8 Å². The summed E-state index contributed by atoms with van der Waals surface area (Å²) in [6, 6.07) is 0. The third kappa shape index (κ3) is 6.95. The fourth-order valence-corrected chi connectivity index (χ4v) is 1.11. The second-order valence-corrected chi connectivity index (χ2v) is 3.11. The van der Waals surface area contributed by atoms with Gasteiger partial charge in [0.25, 0.3) is 0 Å². The molecule has 0 aliphatic rings. The molecule has 0 heterocycles. The Hall–Kier alpha value is -2.03. The molecule has 0 unspecified atom stereocenters. The van der Waals surface area contributed by atoms with Gasteiger partial charge in [-0.1, -0.05) is 18.2 Å². The quantitative estimate of drug-likeness (QED) is 0.522. The number of hydrogen-bond acceptors (Lipinski definition) is 3. The van der Waals surface area contributed by atoms with Crippen molar-refractivity contribution in [3.8, 4) is 0 Å². The summed E-state index contributed by atoms with van der Waals surface area (Å²) in [4.78, 5) is 3.65. The van der Waals surface area contributed by atoms with Crippen LogP contribution in [0.2, 0.25) is 0 Å². The third-order valence-electron chi connectivity index (χ3n) is 1.93. The molecule has 0 bridgehead atoms. The lowest BCUT2D eigenvalue weighted by Gasteiger charge is -2.07. The molecule has 0 aliphatic carbocycles. The highest BCUT2D eigenvalue weighted by Crippen LogP contribution is 2.08. The molecule has 0 rings (SSSR count). The van der Waals surface area contributed by atoms with Crippen molar-refractivity contribution in [1.82, 2.24) is 10.6 Å². The first-order valence-electron chi connectivity index (χ1n) is 5.51. The number of allylic oxidation sites excluding steroid dienone is 5. The van der Waals surface area contributed by atoms with Crippen LogP contribution < -0.4 is 10.6 Å². The normalized spacial score (nSPS) is 13.8. The molecule has 0 atom stereocenters. The van der Waals surface area contributed by atoms with E-state index >= 15 is 0 Å². The maximum Gasteiger partial charge on any atom is 0.0450 e. The smallest absolute Gasteiger partial charge is 0.0450 e. The minimum Gasteiger partial charge on any atom is -0.394 e. The molecule has 0 aromatic rings. The van der Waals surface area contributed by atoms with E-state index in [2.05, 4.69) is 22.3 Å². The van der Waals surface area contributed by atoms with E-state index in [9.17, 15) is 0 Å². The molecule has 0 aromatic carbocycles. The molecule has 17 heavy (non-hydrogen) atoms. The van der Waals surface area contributed by atoms with E-state index in [1.54, 1.807) is 12.4 Å². The molecule has 0 amide bonds. The summed E-state index contributed by atoms with van der Waals surface area (Å²) in [6.07, 6.45) is 15.2. The lowest BCUT2D eigenvalue weighted by molar-refractivity contribution is 1.06. The predicted octanol–water partition coefficient (Wildman–Crippen LogP) is 2.89. The Kier molecular flexibility index (Phi) is 9.23. The zero-order chi connectivity index (χ0) is 12.9. The van der Waals surface area contributed by atoms with Gasteiger partial charge in [0.2, 0.25) is 0 Å². The minimum atomic E-state index is 0.997. The van der Waals surface area contributed by atoms with Crippen LogP contribution >= 0.6 is 0 Å². The molecule has 0 saturated heterocycles. The van der Waals surface area contributed by atoms with Gasteiger partial charge in [0.15, 0.2) is 0 Å².